The lowest BCUT2D eigenvalue weighted by molar-refractivity contribution is 0.103. The lowest BCUT2D eigenvalue weighted by atomic mass is 9.66. The van der Waals surface area contributed by atoms with E-state index in [0.29, 0.717) is 44.5 Å². The summed E-state index contributed by atoms with van der Waals surface area (Å²) < 4.78 is 2.36. The van der Waals surface area contributed by atoms with Gasteiger partial charge in [-0.05, 0) is 176 Å². The summed E-state index contributed by atoms with van der Waals surface area (Å²) in [5.41, 5.74) is 16.7. The van der Waals surface area contributed by atoms with Crippen molar-refractivity contribution in [2.75, 3.05) is 0 Å². The van der Waals surface area contributed by atoms with Crippen LogP contribution >= 0.6 is 45.3 Å². The highest BCUT2D eigenvalue weighted by Gasteiger charge is 2.53. The van der Waals surface area contributed by atoms with Crippen molar-refractivity contribution in [1.82, 2.24) is 0 Å². The summed E-state index contributed by atoms with van der Waals surface area (Å²) in [6.45, 7) is 25.4. The predicted octanol–water partition coefficient (Wildman–Crippen LogP) is 26.3. The summed E-state index contributed by atoms with van der Waals surface area (Å²) in [4.78, 5) is 43.4. The zero-order valence-corrected chi connectivity index (χ0v) is 63.0. The molecule has 4 aliphatic carbocycles. The topological polar surface area (TPSA) is 90.4 Å². The van der Waals surface area contributed by atoms with Crippen LogP contribution in [0.5, 0.6) is 0 Å². The Kier molecular flexibility index (Phi) is 20.2. The Balaban J connectivity index is 0.990. The van der Waals surface area contributed by atoms with Crippen molar-refractivity contribution in [3.63, 3.8) is 0 Å². The summed E-state index contributed by atoms with van der Waals surface area (Å²) in [5.74, 6) is -0.373. The summed E-state index contributed by atoms with van der Waals surface area (Å²) in [6, 6.07) is 66.7. The van der Waals surface area contributed by atoms with Crippen LogP contribution in [0.15, 0.2) is 192 Å². The first-order valence-corrected chi connectivity index (χ1v) is 40.8. The van der Waals surface area contributed by atoms with Gasteiger partial charge in [-0.3, -0.25) is 9.59 Å². The normalized spacial score (nSPS) is 15.9. The monoisotopic (exact) mass is 1430 g/mol. The number of ketones is 2. The Morgan fingerprint density at radius 3 is 0.990 bits per heavy atom. The Morgan fingerprint density at radius 2 is 0.702 bits per heavy atom. The SMILES string of the molecule is [C-]#[N+]C(C#N)=C1/C(=C/c2cc3c(s2)-c2sc4cc5c6c(sc5cc4c2C3(c2ccc(CCCCCC)cc2)c2ccc(CCCCCC)cc2)-c2sc(/C=C3\C(=O)c4ccccc4\C3=C(\C#N)[N+]#[C-])cc2C6(c2ccc(CCCCCC)cc2)c2ccc(CCCCCC)cc2)C(=O)c2ccccc21. The van der Waals surface area contributed by atoms with E-state index in [1.807, 2.05) is 71.2 Å². The second-order valence-electron chi connectivity index (χ2n) is 28.5. The minimum atomic E-state index is -0.812. The summed E-state index contributed by atoms with van der Waals surface area (Å²) in [6.07, 6.45) is 26.8. The number of rotatable bonds is 26. The Bertz CT molecular complexity index is 5030. The van der Waals surface area contributed by atoms with Crippen molar-refractivity contribution >= 4 is 100 Å². The van der Waals surface area contributed by atoms with Crippen LogP contribution < -0.4 is 0 Å². The number of nitriles is 2. The van der Waals surface area contributed by atoms with Crippen LogP contribution in [0.3, 0.4) is 0 Å². The molecule has 0 fully saturated rings. The quantitative estimate of drug-likeness (QED) is 0.0234. The van der Waals surface area contributed by atoms with Crippen molar-refractivity contribution in [3.8, 4) is 31.6 Å². The molecule has 0 aliphatic heterocycles. The van der Waals surface area contributed by atoms with Gasteiger partial charge in [0.05, 0.1) is 55.6 Å². The molecular formula is C94H82N4O2S4. The van der Waals surface area contributed by atoms with Gasteiger partial charge in [0.2, 0.25) is 0 Å². The smallest absolute Gasteiger partial charge is 0.270 e. The molecule has 0 unspecified atom stereocenters. The third-order valence-corrected chi connectivity index (χ3v) is 27.0. The number of hydrogen-bond donors (Lipinski definition) is 0. The first-order chi connectivity index (χ1) is 51.1. The standard InChI is InChI=1S/C94H82N4O2S4/c1-7-11-15-19-27-59-35-43-63(44-36-59)93(64-45-37-60(38-46-64)28-20-16-12-8-2)77-53-67(51-75-83(79(57-95)97-5)69-31-23-25-33-71(69)87(75)99)101-89(77)91-85(93)73-55-82-74(56-81(73)103-91)86-92(104-82)90-78(54-68(102-90)52-76-84(80(58-96)98-6)70-32-24-26-34-72(70)88(76)100)94(86,65-47-39-61(40-48-65)29-21-17-13-9-3)66-49-41-62(42-50-66)30-22-18-14-10-4/h23-26,31-56H,7-22,27-30H2,1-4H3/b75-51-,76-52-,83-79+,84-80?. The average molecular weight is 1430 g/mol. The van der Waals surface area contributed by atoms with Gasteiger partial charge in [-0.1, -0.05) is 250 Å². The number of carbonyl (C=O) groups is 2. The lowest BCUT2D eigenvalue weighted by Crippen LogP contribution is -2.28. The maximum atomic E-state index is 14.7. The second kappa shape index (κ2) is 30.1. The fourth-order valence-electron chi connectivity index (χ4n) is 17.1. The molecule has 7 aromatic carbocycles. The number of aryl methyl sites for hydroxylation is 4. The molecule has 0 saturated carbocycles. The van der Waals surface area contributed by atoms with E-state index in [-0.39, 0.29) is 23.0 Å². The van der Waals surface area contributed by atoms with Gasteiger partial charge < -0.3 is 0 Å². The fourth-order valence-corrected chi connectivity index (χ4v) is 22.3. The van der Waals surface area contributed by atoms with Gasteiger partial charge >= 0.3 is 0 Å². The highest BCUT2D eigenvalue weighted by atomic mass is 32.1. The van der Waals surface area contributed by atoms with Crippen LogP contribution in [0.2, 0.25) is 0 Å². The molecule has 104 heavy (non-hydrogen) atoms. The van der Waals surface area contributed by atoms with Gasteiger partial charge in [-0.15, -0.1) is 45.3 Å². The molecule has 514 valence electrons. The predicted molar refractivity (Wildman–Crippen MR) is 435 cm³/mol. The largest absolute Gasteiger partial charge is 0.289 e. The van der Waals surface area contributed by atoms with Gasteiger partial charge in [0.1, 0.15) is 0 Å². The maximum absolute atomic E-state index is 14.7. The van der Waals surface area contributed by atoms with Crippen molar-refractivity contribution in [1.29, 1.82) is 10.5 Å². The number of nitrogens with zero attached hydrogens (tertiary/aromatic N) is 4. The lowest BCUT2D eigenvalue weighted by Gasteiger charge is -2.34. The van der Waals surface area contributed by atoms with E-state index in [4.69, 9.17) is 13.1 Å². The number of benzene rings is 7. The van der Waals surface area contributed by atoms with Gasteiger partial charge in [0.15, 0.2) is 11.6 Å². The van der Waals surface area contributed by atoms with Crippen molar-refractivity contribution in [2.24, 2.45) is 0 Å². The zero-order chi connectivity index (χ0) is 71.6. The number of allylic oxidation sites excluding steroid dienone is 6. The number of fused-ring (bicyclic) bond motifs is 12. The van der Waals surface area contributed by atoms with Crippen molar-refractivity contribution in [3.05, 3.63) is 314 Å². The molecule has 0 atom stereocenters. The summed E-state index contributed by atoms with van der Waals surface area (Å²) in [5, 5.41) is 23.4. The second-order valence-corrected chi connectivity index (χ2v) is 32.8. The van der Waals surface area contributed by atoms with Crippen LogP contribution in [0, 0.1) is 35.8 Å². The number of Topliss-reactive ketones (excluding diaryl/α,β-unsaturated/α-hetero) is 2. The van der Waals surface area contributed by atoms with E-state index >= 15 is 0 Å². The van der Waals surface area contributed by atoms with E-state index in [1.165, 1.54) is 163 Å². The summed E-state index contributed by atoms with van der Waals surface area (Å²) in [7, 11) is 0. The van der Waals surface area contributed by atoms with Crippen LogP contribution in [0.25, 0.3) is 72.7 Å². The molecule has 4 aliphatic rings. The van der Waals surface area contributed by atoms with Crippen molar-refractivity contribution in [2.45, 2.75) is 167 Å². The number of carbonyl (C=O) groups excluding carboxylic acids is 2. The third-order valence-electron chi connectivity index (χ3n) is 22.2. The summed E-state index contributed by atoms with van der Waals surface area (Å²) >= 11 is 7.10. The minimum absolute atomic E-state index is 0.0942. The molecule has 0 radical (unpaired) electrons. The van der Waals surface area contributed by atoms with E-state index < -0.39 is 10.8 Å². The first-order valence-electron chi connectivity index (χ1n) is 37.5. The Morgan fingerprint density at radius 1 is 0.394 bits per heavy atom. The molecule has 4 aromatic heterocycles. The number of thiophene rings is 4. The maximum Gasteiger partial charge on any atom is 0.270 e. The molecular weight excluding hydrogens is 1350 g/mol. The molecule has 11 aromatic rings. The molecule has 0 bridgehead atoms. The molecule has 0 amide bonds. The van der Waals surface area contributed by atoms with Crippen LogP contribution in [-0.2, 0) is 36.5 Å². The minimum Gasteiger partial charge on any atom is -0.289 e. The van der Waals surface area contributed by atoms with E-state index in [2.05, 4.69) is 171 Å². The van der Waals surface area contributed by atoms with Gasteiger partial charge in [-0.25, -0.2) is 20.2 Å². The van der Waals surface area contributed by atoms with Gasteiger partial charge in [-0.2, -0.15) is 0 Å². The van der Waals surface area contributed by atoms with E-state index in [1.54, 1.807) is 34.8 Å². The molecule has 0 spiro atoms. The van der Waals surface area contributed by atoms with Crippen LogP contribution in [0.1, 0.15) is 239 Å². The third kappa shape index (κ3) is 12.0. The van der Waals surface area contributed by atoms with Gasteiger partial charge in [0, 0.05) is 52.6 Å². The van der Waals surface area contributed by atoms with Crippen LogP contribution in [0.4, 0.5) is 0 Å². The molecule has 4 heterocycles. The number of hydrogen-bond acceptors (Lipinski definition) is 8. The molecule has 10 heteroatoms. The Hall–Kier alpha value is -9.88. The Labute approximate surface area is 628 Å². The van der Waals surface area contributed by atoms with E-state index in [9.17, 15) is 20.1 Å². The zero-order valence-electron chi connectivity index (χ0n) is 59.7. The van der Waals surface area contributed by atoms with E-state index in [0.717, 1.165) is 82.0 Å². The van der Waals surface area contributed by atoms with Crippen molar-refractivity contribution < 1.29 is 9.59 Å². The number of unbranched alkanes of at least 4 members (excludes halogenated alkanes) is 12. The van der Waals surface area contributed by atoms with Crippen LogP contribution in [-0.4, -0.2) is 11.6 Å². The fraction of sp³-hybridized carbons (Fsp3) is 0.277. The highest BCUT2D eigenvalue weighted by Crippen LogP contribution is 2.67. The first kappa shape index (κ1) is 69.8. The average Bonchev–Trinajstić information content (AvgIpc) is 1.50. The molecule has 0 N–H and O–H groups in total. The highest BCUT2D eigenvalue weighted by molar-refractivity contribution is 7.28. The van der Waals surface area contributed by atoms with Gasteiger partial charge in [0.25, 0.3) is 11.4 Å². The molecule has 0 saturated heterocycles. The molecule has 15 rings (SSSR count). The molecule has 6 nitrogen and oxygen atoms in total.